The van der Waals surface area contributed by atoms with E-state index in [1.54, 1.807) is 0 Å². The van der Waals surface area contributed by atoms with Gasteiger partial charge >= 0.3 is 5.97 Å². The average Bonchev–Trinajstić information content (AvgIpc) is 2.93. The fraction of sp³-hybridized carbons (Fsp3) is 0.308. The Bertz CT molecular complexity index is 557. The minimum absolute atomic E-state index is 0.0127. The summed E-state index contributed by atoms with van der Waals surface area (Å²) in [5.41, 5.74) is 0. The number of carbonyl (C=O) groups excluding carboxylic acids is 5. The summed E-state index contributed by atoms with van der Waals surface area (Å²) in [5.74, 6) is -3.84. The molecule has 8 heteroatoms. The van der Waals surface area contributed by atoms with Crippen LogP contribution in [0.2, 0.25) is 0 Å². The first-order valence-corrected chi connectivity index (χ1v) is 6.21. The number of rotatable bonds is 4. The quantitative estimate of drug-likeness (QED) is 0.657. The molecule has 0 aromatic heterocycles. The second-order valence-corrected chi connectivity index (χ2v) is 4.50. The van der Waals surface area contributed by atoms with Gasteiger partial charge in [-0.15, -0.1) is 5.06 Å². The summed E-state index contributed by atoms with van der Waals surface area (Å²) < 4.78 is 0. The Hall–Kier alpha value is -2.77. The lowest BCUT2D eigenvalue weighted by Crippen LogP contribution is -2.34. The topological polar surface area (TPSA) is 101 Å². The maximum absolute atomic E-state index is 11.7. The molecule has 0 aliphatic carbocycles. The van der Waals surface area contributed by atoms with E-state index in [4.69, 9.17) is 4.84 Å². The zero-order chi connectivity index (χ0) is 15.6. The molecule has 2 heterocycles. The third-order valence-corrected chi connectivity index (χ3v) is 2.93. The van der Waals surface area contributed by atoms with E-state index in [-0.39, 0.29) is 12.8 Å². The van der Waals surface area contributed by atoms with Crippen molar-refractivity contribution in [2.24, 2.45) is 5.92 Å². The second-order valence-electron chi connectivity index (χ2n) is 4.50. The molecule has 1 saturated heterocycles. The molecule has 0 aromatic carbocycles. The van der Waals surface area contributed by atoms with Gasteiger partial charge < -0.3 is 4.84 Å². The van der Waals surface area contributed by atoms with E-state index in [9.17, 15) is 24.0 Å². The van der Waals surface area contributed by atoms with Crippen LogP contribution in [-0.4, -0.2) is 39.6 Å². The highest BCUT2D eigenvalue weighted by Crippen LogP contribution is 2.14. The van der Waals surface area contributed by atoms with E-state index in [1.165, 1.54) is 13.0 Å². The molecule has 0 spiro atoms. The number of hydrogen-bond acceptors (Lipinski definition) is 6. The van der Waals surface area contributed by atoms with E-state index >= 15 is 0 Å². The summed E-state index contributed by atoms with van der Waals surface area (Å²) in [4.78, 5) is 62.4. The molecule has 0 bridgehead atoms. The number of amides is 4. The van der Waals surface area contributed by atoms with Gasteiger partial charge in [0.15, 0.2) is 0 Å². The standard InChI is InChI=1S/C13H12N2O6/c1-8(6-7-14-9(16)2-3-10(14)17)13(20)21-15-11(18)4-5-12(15)19/h2-3,6-8H,4-5H2,1H3/b7-6+. The van der Waals surface area contributed by atoms with Crippen LogP contribution in [0.4, 0.5) is 0 Å². The number of imide groups is 2. The van der Waals surface area contributed by atoms with Crippen molar-refractivity contribution in [1.29, 1.82) is 0 Å². The number of nitrogens with zero attached hydrogens (tertiary/aromatic N) is 2. The normalized spacial score (nSPS) is 20.0. The van der Waals surface area contributed by atoms with E-state index < -0.39 is 35.5 Å². The molecule has 2 rings (SSSR count). The van der Waals surface area contributed by atoms with Gasteiger partial charge in [0, 0.05) is 31.2 Å². The molecular formula is C13H12N2O6. The minimum atomic E-state index is -0.840. The van der Waals surface area contributed by atoms with Gasteiger partial charge in [0.2, 0.25) is 0 Å². The van der Waals surface area contributed by atoms with E-state index in [1.807, 2.05) is 0 Å². The average molecular weight is 292 g/mol. The predicted molar refractivity (Wildman–Crippen MR) is 66.5 cm³/mol. The highest BCUT2D eigenvalue weighted by Gasteiger charge is 2.33. The summed E-state index contributed by atoms with van der Waals surface area (Å²) in [6.07, 6.45) is 4.67. The molecule has 1 unspecified atom stereocenters. The summed E-state index contributed by atoms with van der Waals surface area (Å²) >= 11 is 0. The maximum atomic E-state index is 11.7. The van der Waals surface area contributed by atoms with Crippen LogP contribution in [0.5, 0.6) is 0 Å². The van der Waals surface area contributed by atoms with Crippen LogP contribution in [0.3, 0.4) is 0 Å². The van der Waals surface area contributed by atoms with Gasteiger partial charge in [-0.05, 0) is 6.92 Å². The van der Waals surface area contributed by atoms with Crippen molar-refractivity contribution in [3.8, 4) is 0 Å². The molecule has 0 N–H and O–H groups in total. The molecule has 21 heavy (non-hydrogen) atoms. The molecule has 2 aliphatic rings. The van der Waals surface area contributed by atoms with Gasteiger partial charge in [0.1, 0.15) is 0 Å². The Morgan fingerprint density at radius 2 is 1.67 bits per heavy atom. The molecule has 2 aliphatic heterocycles. The number of carbonyl (C=O) groups is 5. The molecular weight excluding hydrogens is 280 g/mol. The largest absolute Gasteiger partial charge is 0.339 e. The molecule has 110 valence electrons. The van der Waals surface area contributed by atoms with E-state index in [0.29, 0.717) is 5.06 Å². The smallest absolute Gasteiger partial charge is 0.330 e. The van der Waals surface area contributed by atoms with Gasteiger partial charge in [-0.1, -0.05) is 6.08 Å². The maximum Gasteiger partial charge on any atom is 0.339 e. The van der Waals surface area contributed by atoms with E-state index in [2.05, 4.69) is 0 Å². The van der Waals surface area contributed by atoms with Gasteiger partial charge in [-0.3, -0.25) is 24.1 Å². The van der Waals surface area contributed by atoms with Crippen LogP contribution in [-0.2, 0) is 28.8 Å². The molecule has 1 atom stereocenters. The predicted octanol–water partition coefficient (Wildman–Crippen LogP) is -0.332. The van der Waals surface area contributed by atoms with Crippen molar-refractivity contribution in [2.75, 3.05) is 0 Å². The highest BCUT2D eigenvalue weighted by molar-refractivity contribution is 6.13. The first-order chi connectivity index (χ1) is 9.90. The van der Waals surface area contributed by atoms with Crippen LogP contribution < -0.4 is 0 Å². The Balaban J connectivity index is 1.94. The van der Waals surface area contributed by atoms with Crippen LogP contribution in [0.1, 0.15) is 19.8 Å². The van der Waals surface area contributed by atoms with Crippen LogP contribution in [0.15, 0.2) is 24.4 Å². The van der Waals surface area contributed by atoms with Gasteiger partial charge in [0.25, 0.3) is 23.6 Å². The highest BCUT2D eigenvalue weighted by atomic mass is 16.7. The zero-order valence-electron chi connectivity index (χ0n) is 11.1. The third kappa shape index (κ3) is 3.04. The first kappa shape index (κ1) is 14.6. The van der Waals surface area contributed by atoms with Crippen LogP contribution in [0, 0.1) is 5.92 Å². The molecule has 4 amide bonds. The SMILES string of the molecule is CC(/C=C/N1C(=O)C=CC1=O)C(=O)ON1C(=O)CCC1=O. The summed E-state index contributed by atoms with van der Waals surface area (Å²) in [5, 5.41) is 0.445. The van der Waals surface area contributed by atoms with Gasteiger partial charge in [0.05, 0.1) is 5.92 Å². The zero-order valence-corrected chi connectivity index (χ0v) is 11.1. The molecule has 0 aromatic rings. The molecule has 0 radical (unpaired) electrons. The van der Waals surface area contributed by atoms with Crippen molar-refractivity contribution >= 4 is 29.6 Å². The lowest BCUT2D eigenvalue weighted by atomic mass is 10.2. The lowest BCUT2D eigenvalue weighted by molar-refractivity contribution is -0.199. The summed E-state index contributed by atoms with van der Waals surface area (Å²) in [6, 6.07) is 0. The van der Waals surface area contributed by atoms with Crippen LogP contribution >= 0.6 is 0 Å². The van der Waals surface area contributed by atoms with E-state index in [0.717, 1.165) is 23.3 Å². The number of hydroxylamine groups is 2. The summed E-state index contributed by atoms with van der Waals surface area (Å²) in [6.45, 7) is 1.45. The Kier molecular flexibility index (Phi) is 3.97. The minimum Gasteiger partial charge on any atom is -0.330 e. The van der Waals surface area contributed by atoms with Crippen LogP contribution in [0.25, 0.3) is 0 Å². The van der Waals surface area contributed by atoms with Crippen molar-refractivity contribution < 1.29 is 28.8 Å². The summed E-state index contributed by atoms with van der Waals surface area (Å²) in [7, 11) is 0. The fourth-order valence-corrected chi connectivity index (χ4v) is 1.68. The fourth-order valence-electron chi connectivity index (χ4n) is 1.68. The molecule has 8 nitrogen and oxygen atoms in total. The monoisotopic (exact) mass is 292 g/mol. The number of hydrogen-bond donors (Lipinski definition) is 0. The Morgan fingerprint density at radius 3 is 2.19 bits per heavy atom. The van der Waals surface area contributed by atoms with Crippen molar-refractivity contribution in [3.05, 3.63) is 24.4 Å². The Morgan fingerprint density at radius 1 is 1.14 bits per heavy atom. The molecule has 1 fully saturated rings. The van der Waals surface area contributed by atoms with Gasteiger partial charge in [-0.25, -0.2) is 4.79 Å². The lowest BCUT2D eigenvalue weighted by Gasteiger charge is -2.15. The molecule has 0 saturated carbocycles. The Labute approximate surface area is 119 Å². The van der Waals surface area contributed by atoms with Crippen molar-refractivity contribution in [3.63, 3.8) is 0 Å². The van der Waals surface area contributed by atoms with Gasteiger partial charge in [-0.2, -0.15) is 0 Å². The van der Waals surface area contributed by atoms with Crippen molar-refractivity contribution in [2.45, 2.75) is 19.8 Å². The van der Waals surface area contributed by atoms with Crippen molar-refractivity contribution in [1.82, 2.24) is 9.96 Å². The first-order valence-electron chi connectivity index (χ1n) is 6.21. The second kappa shape index (κ2) is 5.70. The third-order valence-electron chi connectivity index (χ3n) is 2.93.